The van der Waals surface area contributed by atoms with Gasteiger partial charge in [-0.05, 0) is 30.2 Å². The molecule has 0 aromatic carbocycles. The highest BCUT2D eigenvalue weighted by Gasteiger charge is 2.42. The van der Waals surface area contributed by atoms with Crippen molar-refractivity contribution in [1.29, 1.82) is 0 Å². The molecule has 9 nitrogen and oxygen atoms in total. The van der Waals surface area contributed by atoms with Gasteiger partial charge in [-0.1, -0.05) is 12.7 Å². The lowest BCUT2D eigenvalue weighted by Crippen LogP contribution is -2.38. The van der Waals surface area contributed by atoms with E-state index in [1.54, 1.807) is 0 Å². The second kappa shape index (κ2) is 8.67. The van der Waals surface area contributed by atoms with Gasteiger partial charge in [0.2, 0.25) is 0 Å². The summed E-state index contributed by atoms with van der Waals surface area (Å²) in [6, 6.07) is 0. The first-order valence-electron chi connectivity index (χ1n) is 6.36. The first kappa shape index (κ1) is 19.9. The number of rotatable bonds is 8. The highest BCUT2D eigenvalue weighted by molar-refractivity contribution is 8.06. The summed E-state index contributed by atoms with van der Waals surface area (Å²) in [5.41, 5.74) is -0.0288. The van der Waals surface area contributed by atoms with Crippen LogP contribution in [0.5, 0.6) is 0 Å². The lowest BCUT2D eigenvalue weighted by atomic mass is 10.1. The number of nitrogens with one attached hydrogen (secondary N) is 1. The lowest BCUT2D eigenvalue weighted by molar-refractivity contribution is -0.132. The molecule has 4 atom stereocenters. The average Bonchev–Trinajstić information content (AvgIpc) is 2.72. The van der Waals surface area contributed by atoms with E-state index in [2.05, 4.69) is 28.2 Å². The quantitative estimate of drug-likeness (QED) is 0.178. The number of carboxylic acids is 1. The Bertz CT molecular complexity index is 545. The van der Waals surface area contributed by atoms with Gasteiger partial charge < -0.3 is 39.7 Å². The Morgan fingerprint density at radius 3 is 2.57 bits per heavy atom. The van der Waals surface area contributed by atoms with Crippen molar-refractivity contribution in [3.63, 3.8) is 0 Å². The highest BCUT2D eigenvalue weighted by Crippen LogP contribution is 2.37. The molecule has 1 unspecified atom stereocenters. The largest absolute Gasteiger partial charge is 0.478 e. The van der Waals surface area contributed by atoms with Gasteiger partial charge in [0.25, 0.3) is 0 Å². The van der Waals surface area contributed by atoms with Gasteiger partial charge in [-0.15, -0.1) is 0 Å². The smallest absolute Gasteiger partial charge is 0.335 e. The molecule has 0 saturated carbocycles. The van der Waals surface area contributed by atoms with Crippen LogP contribution >= 0.6 is 6.72 Å². The number of ether oxygens (including phenoxy) is 1. The topological polar surface area (TPSA) is 149 Å². The van der Waals surface area contributed by atoms with Gasteiger partial charge in [0, 0.05) is 0 Å². The summed E-state index contributed by atoms with van der Waals surface area (Å²) in [7, 11) is 0. The number of hydrogen-bond acceptors (Lipinski definition) is 7. The summed E-state index contributed by atoms with van der Waals surface area (Å²) in [5, 5.41) is 31.0. The Morgan fingerprint density at radius 1 is 1.39 bits per heavy atom. The zero-order valence-electron chi connectivity index (χ0n) is 11.8. The van der Waals surface area contributed by atoms with Crippen molar-refractivity contribution in [2.45, 2.75) is 24.5 Å². The zero-order valence-corrected chi connectivity index (χ0v) is 13.6. The van der Waals surface area contributed by atoms with E-state index in [4.69, 9.17) is 19.6 Å². The second-order valence-electron chi connectivity index (χ2n) is 4.52. The fourth-order valence-corrected chi connectivity index (χ4v) is 2.25. The molecule has 1 aliphatic heterocycles. The van der Waals surface area contributed by atoms with Gasteiger partial charge in [0.05, 0.1) is 12.2 Å². The maximum atomic E-state index is 10.7. The van der Waals surface area contributed by atoms with Crippen LogP contribution in [0, 0.1) is 0 Å². The first-order chi connectivity index (χ1) is 10.7. The van der Waals surface area contributed by atoms with Crippen molar-refractivity contribution in [3.05, 3.63) is 36.6 Å². The SMILES string of the molecule is C=C/C(=C\C=C/NC1O[C@H](COP(O)(O)=S)[C@@H](O)[C@H]1O)C(=O)O. The lowest BCUT2D eigenvalue weighted by Gasteiger charge is -2.16. The Labute approximate surface area is 137 Å². The van der Waals surface area contributed by atoms with E-state index in [9.17, 15) is 15.0 Å². The molecule has 0 amide bonds. The van der Waals surface area contributed by atoms with Gasteiger partial charge >= 0.3 is 12.7 Å². The summed E-state index contributed by atoms with van der Waals surface area (Å²) in [4.78, 5) is 28.6. The van der Waals surface area contributed by atoms with Crippen LogP contribution < -0.4 is 5.32 Å². The van der Waals surface area contributed by atoms with Crippen molar-refractivity contribution in [2.24, 2.45) is 0 Å². The molecule has 6 N–H and O–H groups in total. The summed E-state index contributed by atoms with van der Waals surface area (Å²) in [6.07, 6.45) is 0.502. The molecule has 1 rings (SSSR count). The standard InChI is InChI=1S/C12H18NO8PS/c1-2-7(12(16)17)4-3-5-13-11-10(15)9(14)8(21-11)6-20-22(18,19)23/h2-5,8-11,13-15H,1,6H2,(H,16,17)(H2,18,19,23)/b5-3-,7-4+/t8-,9-,10-,11?/m1/s1. The number of allylic oxidation sites excluding steroid dienone is 2. The number of aliphatic hydroxyl groups excluding tert-OH is 2. The predicted molar refractivity (Wildman–Crippen MR) is 83.5 cm³/mol. The minimum absolute atomic E-state index is 0.0288. The Balaban J connectivity index is 2.57. The Morgan fingerprint density at radius 2 is 2.04 bits per heavy atom. The predicted octanol–water partition coefficient (Wildman–Crippen LogP) is -1.04. The van der Waals surface area contributed by atoms with Gasteiger partial charge in [0.15, 0.2) is 6.23 Å². The summed E-state index contributed by atoms with van der Waals surface area (Å²) in [6.45, 7) is -0.931. The third-order valence-electron chi connectivity index (χ3n) is 2.87. The molecule has 0 aromatic heterocycles. The van der Waals surface area contributed by atoms with E-state index in [1.165, 1.54) is 24.4 Å². The molecule has 1 fully saturated rings. The molecule has 1 aliphatic rings. The van der Waals surface area contributed by atoms with Crippen molar-refractivity contribution < 1.29 is 39.2 Å². The maximum Gasteiger partial charge on any atom is 0.335 e. The third-order valence-corrected chi connectivity index (χ3v) is 3.67. The summed E-state index contributed by atoms with van der Waals surface area (Å²) < 4.78 is 9.85. The van der Waals surface area contributed by atoms with E-state index in [-0.39, 0.29) is 5.57 Å². The molecule has 11 heteroatoms. The average molecular weight is 367 g/mol. The summed E-state index contributed by atoms with van der Waals surface area (Å²) >= 11 is 4.27. The van der Waals surface area contributed by atoms with Crippen LogP contribution in [0.15, 0.2) is 36.6 Å². The van der Waals surface area contributed by atoms with Crippen LogP contribution in [0.25, 0.3) is 0 Å². The zero-order chi connectivity index (χ0) is 17.6. The van der Waals surface area contributed by atoms with Crippen LogP contribution in [0.2, 0.25) is 0 Å². The molecular formula is C12H18NO8PS. The Kier molecular flexibility index (Phi) is 7.52. The van der Waals surface area contributed by atoms with E-state index in [1.807, 2.05) is 0 Å². The van der Waals surface area contributed by atoms with E-state index in [0.29, 0.717) is 0 Å². The number of aliphatic hydroxyl groups is 2. The van der Waals surface area contributed by atoms with Gasteiger partial charge in [-0.3, -0.25) is 0 Å². The monoisotopic (exact) mass is 367 g/mol. The van der Waals surface area contributed by atoms with Gasteiger partial charge in [0.1, 0.15) is 18.3 Å². The van der Waals surface area contributed by atoms with Crippen molar-refractivity contribution in [2.75, 3.05) is 6.61 Å². The first-order valence-corrected chi connectivity index (χ1v) is 8.98. The number of hydrogen-bond donors (Lipinski definition) is 6. The normalized spacial score (nSPS) is 29.0. The molecule has 1 saturated heterocycles. The van der Waals surface area contributed by atoms with Crippen LogP contribution in [0.1, 0.15) is 0 Å². The van der Waals surface area contributed by atoms with E-state index < -0.39 is 43.8 Å². The van der Waals surface area contributed by atoms with Crippen molar-refractivity contribution in [3.8, 4) is 0 Å². The van der Waals surface area contributed by atoms with Crippen LogP contribution in [0.3, 0.4) is 0 Å². The van der Waals surface area contributed by atoms with E-state index >= 15 is 0 Å². The molecule has 0 aliphatic carbocycles. The van der Waals surface area contributed by atoms with Crippen LogP contribution in [-0.2, 0) is 25.9 Å². The summed E-state index contributed by atoms with van der Waals surface area (Å²) in [5.74, 6) is -1.14. The second-order valence-corrected chi connectivity index (χ2v) is 7.19. The molecule has 0 radical (unpaired) electrons. The minimum Gasteiger partial charge on any atom is -0.478 e. The van der Waals surface area contributed by atoms with Crippen molar-refractivity contribution in [1.82, 2.24) is 5.32 Å². The van der Waals surface area contributed by atoms with Crippen molar-refractivity contribution >= 4 is 24.5 Å². The van der Waals surface area contributed by atoms with E-state index in [0.717, 1.165) is 0 Å². The molecule has 0 spiro atoms. The van der Waals surface area contributed by atoms with Gasteiger partial charge in [-0.2, -0.15) is 0 Å². The number of aliphatic carboxylic acids is 1. The van der Waals surface area contributed by atoms with Gasteiger partial charge in [-0.25, -0.2) is 4.79 Å². The van der Waals surface area contributed by atoms with Crippen LogP contribution in [-0.4, -0.2) is 62.2 Å². The molecular weight excluding hydrogens is 349 g/mol. The fraction of sp³-hybridized carbons (Fsp3) is 0.417. The molecule has 0 bridgehead atoms. The third kappa shape index (κ3) is 6.50. The Hall–Kier alpha value is -1.10. The number of carboxylic acid groups (broad SMARTS) is 1. The minimum atomic E-state index is -3.88. The fourth-order valence-electron chi connectivity index (χ4n) is 1.72. The molecule has 1 heterocycles. The maximum absolute atomic E-state index is 10.7. The molecule has 0 aromatic rings. The highest BCUT2D eigenvalue weighted by atomic mass is 32.5. The number of carbonyl (C=O) groups is 1. The van der Waals surface area contributed by atoms with Crippen LogP contribution in [0.4, 0.5) is 0 Å². The molecule has 23 heavy (non-hydrogen) atoms. The molecule has 130 valence electrons.